The second-order valence-electron chi connectivity index (χ2n) is 7.51. The van der Waals surface area contributed by atoms with Crippen molar-refractivity contribution < 1.29 is 23.2 Å². The van der Waals surface area contributed by atoms with Crippen LogP contribution in [-0.2, 0) is 14.5 Å². The number of hydrogen-bond donors (Lipinski definition) is 2. The number of thiocarbonyl (C=S) groups is 1. The number of carbonyl (C=O) groups is 1. The number of aliphatic hydroxyl groups is 1. The van der Waals surface area contributed by atoms with E-state index in [0.717, 1.165) is 6.42 Å². The lowest BCUT2D eigenvalue weighted by Crippen LogP contribution is -2.33. The Morgan fingerprint density at radius 1 is 1.43 bits per heavy atom. The van der Waals surface area contributed by atoms with Gasteiger partial charge in [-0.25, -0.2) is 17.8 Å². The van der Waals surface area contributed by atoms with Crippen LogP contribution in [0.5, 0.6) is 0 Å². The van der Waals surface area contributed by atoms with Crippen molar-refractivity contribution in [2.24, 2.45) is 4.36 Å². The van der Waals surface area contributed by atoms with Crippen molar-refractivity contribution in [3.63, 3.8) is 0 Å². The molecule has 1 amide bonds. The zero-order chi connectivity index (χ0) is 21.7. The minimum absolute atomic E-state index is 0.0320. The zero-order valence-corrected chi connectivity index (χ0v) is 18.6. The average molecular weight is 458 g/mol. The molecule has 166 valence electrons. The van der Waals surface area contributed by atoms with E-state index in [-0.39, 0.29) is 31.0 Å². The van der Waals surface area contributed by atoms with Crippen LogP contribution in [0.4, 0.5) is 14.9 Å². The molecule has 2 N–H and O–H groups in total. The smallest absolute Gasteiger partial charge is 0.414 e. The maximum absolute atomic E-state index is 14.9. The first-order valence-electron chi connectivity index (χ1n) is 10.2. The van der Waals surface area contributed by atoms with E-state index in [1.54, 1.807) is 12.1 Å². The first-order valence-corrected chi connectivity index (χ1v) is 12.4. The Balaban J connectivity index is 1.64. The van der Waals surface area contributed by atoms with Crippen molar-refractivity contribution in [3.8, 4) is 0 Å². The summed E-state index contributed by atoms with van der Waals surface area (Å²) in [6.45, 7) is 2.77. The highest BCUT2D eigenvalue weighted by Gasteiger charge is 2.33. The SMILES string of the molecule is CCC(=S)NC[C@H]1CN(c2ccc(C3CCS(=O)(=NCCO)CC3)c(F)c2)C(=O)O1. The van der Waals surface area contributed by atoms with E-state index in [9.17, 15) is 13.4 Å². The maximum atomic E-state index is 14.9. The van der Waals surface area contributed by atoms with Crippen LogP contribution >= 0.6 is 12.2 Å². The number of anilines is 1. The Morgan fingerprint density at radius 2 is 2.17 bits per heavy atom. The fourth-order valence-electron chi connectivity index (χ4n) is 3.75. The van der Waals surface area contributed by atoms with E-state index in [1.165, 1.54) is 11.0 Å². The monoisotopic (exact) mass is 457 g/mol. The molecule has 30 heavy (non-hydrogen) atoms. The molecule has 0 radical (unpaired) electrons. The van der Waals surface area contributed by atoms with E-state index in [0.29, 0.717) is 53.7 Å². The van der Waals surface area contributed by atoms with Crippen LogP contribution in [0.1, 0.15) is 37.7 Å². The molecule has 0 aliphatic carbocycles. The van der Waals surface area contributed by atoms with Crippen LogP contribution in [-0.4, -0.2) is 64.2 Å². The Hall–Kier alpha value is -1.78. The second-order valence-corrected chi connectivity index (χ2v) is 10.6. The lowest BCUT2D eigenvalue weighted by Gasteiger charge is -2.26. The summed E-state index contributed by atoms with van der Waals surface area (Å²) < 4.78 is 36.9. The number of ether oxygens (including phenoxy) is 1. The number of carbonyl (C=O) groups excluding carboxylic acids is 1. The van der Waals surface area contributed by atoms with E-state index in [4.69, 9.17) is 22.1 Å². The first kappa shape index (κ1) is 22.9. The van der Waals surface area contributed by atoms with Crippen molar-refractivity contribution >= 4 is 38.7 Å². The van der Waals surface area contributed by atoms with Crippen LogP contribution in [0, 0.1) is 5.82 Å². The highest BCUT2D eigenvalue weighted by atomic mass is 32.2. The molecule has 7 nitrogen and oxygen atoms in total. The van der Waals surface area contributed by atoms with Crippen LogP contribution < -0.4 is 10.2 Å². The van der Waals surface area contributed by atoms with Crippen molar-refractivity contribution in [3.05, 3.63) is 29.6 Å². The number of benzene rings is 1. The van der Waals surface area contributed by atoms with Crippen molar-refractivity contribution in [1.82, 2.24) is 5.32 Å². The third-order valence-electron chi connectivity index (χ3n) is 5.45. The molecule has 10 heteroatoms. The molecule has 0 spiro atoms. The van der Waals surface area contributed by atoms with E-state index >= 15 is 0 Å². The topological polar surface area (TPSA) is 91.2 Å². The van der Waals surface area contributed by atoms with E-state index in [1.807, 2.05) is 6.92 Å². The molecular weight excluding hydrogens is 429 g/mol. The molecule has 1 atom stereocenters. The van der Waals surface area contributed by atoms with E-state index in [2.05, 4.69) is 9.68 Å². The molecule has 0 unspecified atom stereocenters. The van der Waals surface area contributed by atoms with Gasteiger partial charge in [0.15, 0.2) is 0 Å². The van der Waals surface area contributed by atoms with Gasteiger partial charge in [0.2, 0.25) is 0 Å². The summed E-state index contributed by atoms with van der Waals surface area (Å²) in [7, 11) is -2.30. The summed E-state index contributed by atoms with van der Waals surface area (Å²) in [5.41, 5.74) is 1.03. The van der Waals surface area contributed by atoms with Gasteiger partial charge in [-0.3, -0.25) is 4.90 Å². The quantitative estimate of drug-likeness (QED) is 0.612. The van der Waals surface area contributed by atoms with Crippen LogP contribution in [0.2, 0.25) is 0 Å². The van der Waals surface area contributed by atoms with Crippen molar-refractivity contribution in [2.75, 3.05) is 42.6 Å². The molecule has 2 aliphatic rings. The third-order valence-corrected chi connectivity index (χ3v) is 8.29. The molecule has 0 bridgehead atoms. The van der Waals surface area contributed by atoms with Crippen molar-refractivity contribution in [1.29, 1.82) is 0 Å². The van der Waals surface area contributed by atoms with Crippen molar-refractivity contribution in [2.45, 2.75) is 38.2 Å². The number of nitrogens with zero attached hydrogens (tertiary/aromatic N) is 2. The van der Waals surface area contributed by atoms with Gasteiger partial charge >= 0.3 is 6.09 Å². The molecule has 0 saturated carbocycles. The Bertz CT molecular complexity index is 903. The predicted molar refractivity (Wildman–Crippen MR) is 119 cm³/mol. The molecule has 2 heterocycles. The predicted octanol–water partition coefficient (Wildman–Crippen LogP) is 2.82. The van der Waals surface area contributed by atoms with Gasteiger partial charge in [0.05, 0.1) is 36.9 Å². The molecule has 2 aliphatic heterocycles. The summed E-state index contributed by atoms with van der Waals surface area (Å²) in [6, 6.07) is 4.80. The molecule has 2 fully saturated rings. The van der Waals surface area contributed by atoms with Gasteiger partial charge in [0, 0.05) is 21.2 Å². The minimum atomic E-state index is -2.30. The van der Waals surface area contributed by atoms with Gasteiger partial charge in [-0.1, -0.05) is 25.2 Å². The van der Waals surface area contributed by atoms with Crippen LogP contribution in [0.15, 0.2) is 22.6 Å². The lowest BCUT2D eigenvalue weighted by atomic mass is 9.93. The molecular formula is C20H28FN3O4S2. The molecule has 1 aromatic rings. The average Bonchev–Trinajstić information content (AvgIpc) is 3.12. The Morgan fingerprint density at radius 3 is 2.80 bits per heavy atom. The summed E-state index contributed by atoms with van der Waals surface area (Å²) >= 11 is 5.12. The number of amides is 1. The largest absolute Gasteiger partial charge is 0.442 e. The van der Waals surface area contributed by atoms with Gasteiger partial charge in [0.25, 0.3) is 0 Å². The number of cyclic esters (lactones) is 1. The standard InChI is InChI=1S/C20H28FN3O4S2/c1-2-19(29)22-12-16-13-24(20(26)28-16)15-3-4-17(18(21)11-15)14-5-9-30(27,10-6-14)23-7-8-25/h3-4,11,14,16,25H,2,5-10,12-13H2,1H3,(H,22,29)/t14?,16-,30?/m0/s1. The van der Waals surface area contributed by atoms with Gasteiger partial charge in [-0.2, -0.15) is 0 Å². The zero-order valence-electron chi connectivity index (χ0n) is 17.0. The molecule has 1 aromatic carbocycles. The van der Waals surface area contributed by atoms with E-state index < -0.39 is 15.8 Å². The molecule has 2 saturated heterocycles. The van der Waals surface area contributed by atoms with Crippen LogP contribution in [0.3, 0.4) is 0 Å². The Labute approximate surface area is 182 Å². The number of rotatable bonds is 7. The summed E-state index contributed by atoms with van der Waals surface area (Å²) in [5, 5.41) is 11.9. The third kappa shape index (κ3) is 5.47. The fourth-order valence-corrected chi connectivity index (χ4v) is 6.02. The van der Waals surface area contributed by atoms with Gasteiger partial charge in [0.1, 0.15) is 11.9 Å². The van der Waals surface area contributed by atoms with Crippen LogP contribution in [0.25, 0.3) is 0 Å². The number of halogens is 1. The highest BCUT2D eigenvalue weighted by molar-refractivity contribution is 7.93. The summed E-state index contributed by atoms with van der Waals surface area (Å²) in [6.07, 6.45) is 1.04. The number of aliphatic hydroxyl groups excluding tert-OH is 1. The Kier molecular flexibility index (Phi) is 7.65. The van der Waals surface area contributed by atoms with Gasteiger partial charge in [-0.05, 0) is 42.9 Å². The maximum Gasteiger partial charge on any atom is 0.414 e. The van der Waals surface area contributed by atoms with Gasteiger partial charge < -0.3 is 15.2 Å². The first-order chi connectivity index (χ1) is 14.3. The molecule has 0 aromatic heterocycles. The normalized spacial score (nSPS) is 26.4. The number of hydrogen-bond acceptors (Lipinski definition) is 6. The van der Waals surface area contributed by atoms with Gasteiger partial charge in [-0.15, -0.1) is 0 Å². The highest BCUT2D eigenvalue weighted by Crippen LogP contribution is 2.34. The minimum Gasteiger partial charge on any atom is -0.442 e. The summed E-state index contributed by atoms with van der Waals surface area (Å²) in [4.78, 5) is 14.4. The molecule has 3 rings (SSSR count). The summed E-state index contributed by atoms with van der Waals surface area (Å²) in [5.74, 6) is 0.409. The number of nitrogens with one attached hydrogen (secondary N) is 1. The fraction of sp³-hybridized carbons (Fsp3) is 0.600. The lowest BCUT2D eigenvalue weighted by molar-refractivity contribution is 0.143. The second kappa shape index (κ2) is 10.0.